The van der Waals surface area contributed by atoms with Gasteiger partial charge in [-0.05, 0) is 24.3 Å². The van der Waals surface area contributed by atoms with E-state index in [2.05, 4.69) is 15.2 Å². The highest BCUT2D eigenvalue weighted by atomic mass is 16.5. The number of nitrogens with one attached hydrogen (secondary N) is 1. The number of methoxy groups -OCH3 is 1. The maximum Gasteiger partial charge on any atom is 0.337 e. The number of hydrogen-bond donors (Lipinski definition) is 1. The van der Waals surface area contributed by atoms with E-state index in [9.17, 15) is 9.59 Å². The number of carbonyl (C=O) groups is 2. The van der Waals surface area contributed by atoms with Crippen LogP contribution in [-0.4, -0.2) is 29.3 Å². The zero-order valence-corrected chi connectivity index (χ0v) is 9.66. The van der Waals surface area contributed by atoms with Crippen LogP contribution in [0, 0.1) is 0 Å². The van der Waals surface area contributed by atoms with Gasteiger partial charge in [-0.3, -0.25) is 4.79 Å². The molecule has 2 rings (SSSR count). The highest BCUT2D eigenvalue weighted by molar-refractivity contribution is 5.92. The first-order valence-corrected chi connectivity index (χ1v) is 5.19. The third-order valence-electron chi connectivity index (χ3n) is 2.38. The van der Waals surface area contributed by atoms with Crippen molar-refractivity contribution in [2.45, 2.75) is 0 Å². The van der Waals surface area contributed by atoms with Crippen LogP contribution >= 0.6 is 0 Å². The van der Waals surface area contributed by atoms with Gasteiger partial charge in [0.05, 0.1) is 24.0 Å². The lowest BCUT2D eigenvalue weighted by Crippen LogP contribution is -2.07. The lowest BCUT2D eigenvalue weighted by molar-refractivity contribution is -0.105. The van der Waals surface area contributed by atoms with Crippen molar-refractivity contribution in [3.8, 4) is 5.69 Å². The van der Waals surface area contributed by atoms with E-state index >= 15 is 0 Å². The fourth-order valence-electron chi connectivity index (χ4n) is 1.57. The zero-order valence-electron chi connectivity index (χ0n) is 9.66. The molecule has 92 valence electrons. The molecule has 6 heteroatoms. The number of esters is 1. The van der Waals surface area contributed by atoms with Crippen molar-refractivity contribution in [2.75, 3.05) is 12.4 Å². The summed E-state index contributed by atoms with van der Waals surface area (Å²) >= 11 is 0. The minimum atomic E-state index is -0.462. The maximum atomic E-state index is 11.4. The van der Waals surface area contributed by atoms with Gasteiger partial charge in [0, 0.05) is 12.4 Å². The summed E-state index contributed by atoms with van der Waals surface area (Å²) in [6.07, 6.45) is 3.91. The van der Waals surface area contributed by atoms with Crippen molar-refractivity contribution in [2.24, 2.45) is 0 Å². The summed E-state index contributed by atoms with van der Waals surface area (Å²) in [6.45, 7) is 0. The quantitative estimate of drug-likeness (QED) is 0.649. The SMILES string of the molecule is COC(=O)c1ccc(-n2cccn2)c(NC=O)c1. The molecule has 0 radical (unpaired) electrons. The Morgan fingerprint density at radius 3 is 2.94 bits per heavy atom. The summed E-state index contributed by atoms with van der Waals surface area (Å²) in [4.78, 5) is 22.0. The van der Waals surface area contributed by atoms with Gasteiger partial charge in [0.15, 0.2) is 0 Å². The Kier molecular flexibility index (Phi) is 3.38. The van der Waals surface area contributed by atoms with Gasteiger partial charge in [0.2, 0.25) is 6.41 Å². The second-order valence-corrected chi connectivity index (χ2v) is 3.44. The summed E-state index contributed by atoms with van der Waals surface area (Å²) in [5.41, 5.74) is 1.51. The highest BCUT2D eigenvalue weighted by Crippen LogP contribution is 2.21. The lowest BCUT2D eigenvalue weighted by atomic mass is 10.1. The van der Waals surface area contributed by atoms with Crippen LogP contribution in [0.25, 0.3) is 5.69 Å². The lowest BCUT2D eigenvalue weighted by Gasteiger charge is -2.09. The molecular formula is C12H11N3O3. The van der Waals surface area contributed by atoms with Crippen LogP contribution in [-0.2, 0) is 9.53 Å². The van der Waals surface area contributed by atoms with Crippen molar-refractivity contribution in [3.05, 3.63) is 42.2 Å². The molecule has 0 bridgehead atoms. The Morgan fingerprint density at radius 2 is 2.33 bits per heavy atom. The number of hydrogen-bond acceptors (Lipinski definition) is 4. The van der Waals surface area contributed by atoms with E-state index in [1.165, 1.54) is 13.2 Å². The van der Waals surface area contributed by atoms with Crippen LogP contribution in [0.1, 0.15) is 10.4 Å². The van der Waals surface area contributed by atoms with Gasteiger partial charge in [-0.15, -0.1) is 0 Å². The molecule has 1 aromatic carbocycles. The molecule has 2 aromatic rings. The minimum absolute atomic E-state index is 0.359. The summed E-state index contributed by atoms with van der Waals surface area (Å²) in [6, 6.07) is 6.60. The van der Waals surface area contributed by atoms with Crippen molar-refractivity contribution in [3.63, 3.8) is 0 Å². The Hall–Kier alpha value is -2.63. The number of anilines is 1. The summed E-state index contributed by atoms with van der Waals surface area (Å²) in [5.74, 6) is -0.462. The van der Waals surface area contributed by atoms with Crippen molar-refractivity contribution in [1.29, 1.82) is 0 Å². The number of carbonyl (C=O) groups excluding carboxylic acids is 2. The largest absolute Gasteiger partial charge is 0.465 e. The van der Waals surface area contributed by atoms with Crippen LogP contribution in [0.5, 0.6) is 0 Å². The molecule has 1 N–H and O–H groups in total. The number of rotatable bonds is 4. The van der Waals surface area contributed by atoms with Gasteiger partial charge in [0.25, 0.3) is 0 Å². The predicted octanol–water partition coefficient (Wildman–Crippen LogP) is 1.23. The number of benzene rings is 1. The van der Waals surface area contributed by atoms with Crippen molar-refractivity contribution < 1.29 is 14.3 Å². The molecule has 0 saturated carbocycles. The summed E-state index contributed by atoms with van der Waals surface area (Å²) in [5, 5.41) is 6.60. The third kappa shape index (κ3) is 2.22. The van der Waals surface area contributed by atoms with E-state index < -0.39 is 5.97 Å². The Balaban J connectivity index is 2.47. The van der Waals surface area contributed by atoms with Crippen LogP contribution in [0.2, 0.25) is 0 Å². The molecule has 0 aliphatic carbocycles. The van der Waals surface area contributed by atoms with E-state index in [-0.39, 0.29) is 0 Å². The molecule has 0 unspecified atom stereocenters. The second-order valence-electron chi connectivity index (χ2n) is 3.44. The van der Waals surface area contributed by atoms with Crippen LogP contribution in [0.4, 0.5) is 5.69 Å². The molecule has 0 aliphatic heterocycles. The Morgan fingerprint density at radius 1 is 1.50 bits per heavy atom. The average Bonchev–Trinajstić information content (AvgIpc) is 2.92. The fraction of sp³-hybridized carbons (Fsp3) is 0.0833. The molecule has 0 atom stereocenters. The van der Waals surface area contributed by atoms with Crippen molar-refractivity contribution >= 4 is 18.1 Å². The highest BCUT2D eigenvalue weighted by Gasteiger charge is 2.10. The molecule has 1 aromatic heterocycles. The first-order valence-electron chi connectivity index (χ1n) is 5.19. The molecule has 1 amide bonds. The Labute approximate surface area is 103 Å². The molecule has 0 aliphatic rings. The van der Waals surface area contributed by atoms with Gasteiger partial charge in [-0.1, -0.05) is 0 Å². The van der Waals surface area contributed by atoms with E-state index in [1.54, 1.807) is 35.3 Å². The van der Waals surface area contributed by atoms with Gasteiger partial charge >= 0.3 is 5.97 Å². The first-order chi connectivity index (χ1) is 8.76. The standard InChI is InChI=1S/C12H11N3O3/c1-18-12(17)9-3-4-11(10(7-9)13-8-16)15-6-2-5-14-15/h2-8H,1H3,(H,13,16). The molecule has 0 fully saturated rings. The molecule has 1 heterocycles. The second kappa shape index (κ2) is 5.13. The average molecular weight is 245 g/mol. The number of ether oxygens (including phenoxy) is 1. The van der Waals surface area contributed by atoms with Gasteiger partial charge in [-0.25, -0.2) is 9.48 Å². The Bertz CT molecular complexity index is 564. The van der Waals surface area contributed by atoms with Crippen molar-refractivity contribution in [1.82, 2.24) is 9.78 Å². The fourth-order valence-corrected chi connectivity index (χ4v) is 1.57. The van der Waals surface area contributed by atoms with E-state index in [0.29, 0.717) is 23.3 Å². The molecule has 6 nitrogen and oxygen atoms in total. The number of nitrogens with zero attached hydrogens (tertiary/aromatic N) is 2. The summed E-state index contributed by atoms with van der Waals surface area (Å²) < 4.78 is 6.21. The van der Waals surface area contributed by atoms with Gasteiger partial charge in [-0.2, -0.15) is 5.10 Å². The van der Waals surface area contributed by atoms with Crippen LogP contribution < -0.4 is 5.32 Å². The first kappa shape index (κ1) is 11.8. The van der Waals surface area contributed by atoms with Gasteiger partial charge in [0.1, 0.15) is 0 Å². The molecule has 0 saturated heterocycles. The molecule has 18 heavy (non-hydrogen) atoms. The zero-order chi connectivity index (χ0) is 13.0. The monoisotopic (exact) mass is 245 g/mol. The molecule has 0 spiro atoms. The molecular weight excluding hydrogens is 234 g/mol. The predicted molar refractivity (Wildman–Crippen MR) is 64.6 cm³/mol. The maximum absolute atomic E-state index is 11.4. The summed E-state index contributed by atoms with van der Waals surface area (Å²) in [7, 11) is 1.30. The number of amides is 1. The number of aromatic nitrogens is 2. The normalized spacial score (nSPS) is 9.83. The van der Waals surface area contributed by atoms with Crippen LogP contribution in [0.15, 0.2) is 36.7 Å². The third-order valence-corrected chi connectivity index (χ3v) is 2.38. The van der Waals surface area contributed by atoms with E-state index in [0.717, 1.165) is 0 Å². The van der Waals surface area contributed by atoms with Gasteiger partial charge < -0.3 is 10.1 Å². The van der Waals surface area contributed by atoms with Crippen LogP contribution in [0.3, 0.4) is 0 Å². The van der Waals surface area contributed by atoms with E-state index in [4.69, 9.17) is 0 Å². The minimum Gasteiger partial charge on any atom is -0.465 e. The smallest absolute Gasteiger partial charge is 0.337 e. The van der Waals surface area contributed by atoms with E-state index in [1.807, 2.05) is 0 Å². The topological polar surface area (TPSA) is 73.2 Å².